The number of aryl methyl sites for hydroxylation is 1. The van der Waals surface area contributed by atoms with Gasteiger partial charge in [-0.2, -0.15) is 0 Å². The number of nitrogens with one attached hydrogen (secondary N) is 1. The third kappa shape index (κ3) is 4.18. The molecule has 1 heterocycles. The number of nitrogens with zero attached hydrogens (tertiary/aromatic N) is 1. The van der Waals surface area contributed by atoms with Crippen LogP contribution in [-0.2, 0) is 16.1 Å². The van der Waals surface area contributed by atoms with Gasteiger partial charge in [-0.1, -0.05) is 54.1 Å². The average Bonchev–Trinajstić information content (AvgIpc) is 2.99. The molecular formula is C25H21ClN2O3. The molecule has 2 amide bonds. The molecule has 6 heteroatoms. The lowest BCUT2D eigenvalue weighted by Gasteiger charge is -2.16. The molecule has 4 rings (SSSR count). The highest BCUT2D eigenvalue weighted by Gasteiger charge is 2.39. The lowest BCUT2D eigenvalue weighted by molar-refractivity contribution is -0.137. The van der Waals surface area contributed by atoms with Gasteiger partial charge in [0, 0.05) is 10.7 Å². The molecule has 0 fully saturated rings. The van der Waals surface area contributed by atoms with E-state index in [4.69, 9.17) is 16.3 Å². The van der Waals surface area contributed by atoms with Crippen molar-refractivity contribution in [1.82, 2.24) is 4.90 Å². The van der Waals surface area contributed by atoms with Crippen LogP contribution in [-0.4, -0.2) is 23.8 Å². The molecule has 0 aromatic heterocycles. The summed E-state index contributed by atoms with van der Waals surface area (Å²) in [5.41, 5.74) is 3.68. The van der Waals surface area contributed by atoms with Gasteiger partial charge in [0.05, 0.1) is 19.2 Å². The number of methoxy groups -OCH3 is 1. The Morgan fingerprint density at radius 2 is 1.68 bits per heavy atom. The van der Waals surface area contributed by atoms with Gasteiger partial charge in [0.1, 0.15) is 11.4 Å². The van der Waals surface area contributed by atoms with Crippen LogP contribution in [0.1, 0.15) is 16.7 Å². The highest BCUT2D eigenvalue weighted by Crippen LogP contribution is 2.33. The number of hydrogen-bond acceptors (Lipinski definition) is 4. The summed E-state index contributed by atoms with van der Waals surface area (Å²) in [5.74, 6) is -0.0928. The molecule has 0 aliphatic carbocycles. The Bertz CT molecular complexity index is 1190. The summed E-state index contributed by atoms with van der Waals surface area (Å²) < 4.78 is 5.22. The van der Waals surface area contributed by atoms with Crippen LogP contribution in [0.5, 0.6) is 5.75 Å². The Morgan fingerprint density at radius 1 is 0.935 bits per heavy atom. The number of imide groups is 1. The van der Waals surface area contributed by atoms with Crippen LogP contribution >= 0.6 is 11.6 Å². The normalized spacial score (nSPS) is 13.7. The molecule has 0 bridgehead atoms. The Labute approximate surface area is 185 Å². The Balaban J connectivity index is 1.75. The second-order valence-corrected chi connectivity index (χ2v) is 7.67. The van der Waals surface area contributed by atoms with Gasteiger partial charge in [0.2, 0.25) is 0 Å². The monoisotopic (exact) mass is 432 g/mol. The predicted octanol–water partition coefficient (Wildman–Crippen LogP) is 5.05. The first-order valence-corrected chi connectivity index (χ1v) is 10.2. The fraction of sp³-hybridized carbons (Fsp3) is 0.120. The summed E-state index contributed by atoms with van der Waals surface area (Å²) in [7, 11) is 1.58. The number of amides is 2. The average molecular weight is 433 g/mol. The van der Waals surface area contributed by atoms with E-state index in [0.717, 1.165) is 11.3 Å². The van der Waals surface area contributed by atoms with E-state index in [0.29, 0.717) is 27.5 Å². The SMILES string of the molecule is COc1ccc(C2=C(Nc3cccc(C)c3)C(=O)N(Cc3ccccc3Cl)C2=O)cc1. The van der Waals surface area contributed by atoms with Crippen LogP contribution in [0.3, 0.4) is 0 Å². The maximum atomic E-state index is 13.4. The molecule has 0 spiro atoms. The quantitative estimate of drug-likeness (QED) is 0.554. The topological polar surface area (TPSA) is 58.6 Å². The number of carbonyl (C=O) groups excluding carboxylic acids is 2. The summed E-state index contributed by atoms with van der Waals surface area (Å²) in [4.78, 5) is 28.0. The Morgan fingerprint density at radius 3 is 2.35 bits per heavy atom. The van der Waals surface area contributed by atoms with Gasteiger partial charge in [0.25, 0.3) is 11.8 Å². The van der Waals surface area contributed by atoms with E-state index in [1.165, 1.54) is 4.90 Å². The number of anilines is 1. The van der Waals surface area contributed by atoms with E-state index in [9.17, 15) is 9.59 Å². The second-order valence-electron chi connectivity index (χ2n) is 7.26. The number of ether oxygens (including phenoxy) is 1. The van der Waals surface area contributed by atoms with Crippen molar-refractivity contribution in [3.8, 4) is 5.75 Å². The van der Waals surface area contributed by atoms with Crippen LogP contribution in [0.25, 0.3) is 5.57 Å². The van der Waals surface area contributed by atoms with Crippen molar-refractivity contribution in [3.63, 3.8) is 0 Å². The molecule has 0 radical (unpaired) electrons. The molecule has 0 saturated carbocycles. The summed E-state index contributed by atoms with van der Waals surface area (Å²) in [6.45, 7) is 2.06. The molecule has 1 aliphatic rings. The van der Waals surface area contributed by atoms with Crippen molar-refractivity contribution in [2.24, 2.45) is 0 Å². The lowest BCUT2D eigenvalue weighted by Crippen LogP contribution is -2.32. The maximum absolute atomic E-state index is 13.4. The standard InChI is InChI=1S/C25H21ClN2O3/c1-16-6-5-8-19(14-16)27-23-22(17-10-12-20(31-2)13-11-17)24(29)28(25(23)30)15-18-7-3-4-9-21(18)26/h3-14,27H,15H2,1-2H3. The van der Waals surface area contributed by atoms with E-state index in [2.05, 4.69) is 5.32 Å². The highest BCUT2D eigenvalue weighted by molar-refractivity contribution is 6.36. The van der Waals surface area contributed by atoms with Crippen LogP contribution in [0.2, 0.25) is 5.02 Å². The van der Waals surface area contributed by atoms with Crippen LogP contribution in [0.4, 0.5) is 5.69 Å². The molecule has 3 aromatic rings. The predicted molar refractivity (Wildman–Crippen MR) is 122 cm³/mol. The van der Waals surface area contributed by atoms with Crippen LogP contribution in [0, 0.1) is 6.92 Å². The molecular weight excluding hydrogens is 412 g/mol. The minimum Gasteiger partial charge on any atom is -0.497 e. The zero-order valence-electron chi connectivity index (χ0n) is 17.2. The fourth-order valence-corrected chi connectivity index (χ4v) is 3.72. The molecule has 5 nitrogen and oxygen atoms in total. The van der Waals surface area contributed by atoms with Crippen molar-refractivity contribution in [2.45, 2.75) is 13.5 Å². The molecule has 0 atom stereocenters. The minimum atomic E-state index is -0.391. The van der Waals surface area contributed by atoms with Crippen molar-refractivity contribution < 1.29 is 14.3 Å². The fourth-order valence-electron chi connectivity index (χ4n) is 3.53. The van der Waals surface area contributed by atoms with E-state index in [1.807, 2.05) is 49.4 Å². The van der Waals surface area contributed by atoms with Crippen LogP contribution < -0.4 is 10.1 Å². The second kappa shape index (κ2) is 8.66. The smallest absolute Gasteiger partial charge is 0.278 e. The van der Waals surface area contributed by atoms with Crippen LogP contribution in [0.15, 0.2) is 78.5 Å². The Hall–Kier alpha value is -3.57. The minimum absolute atomic E-state index is 0.0932. The van der Waals surface area contributed by atoms with Gasteiger partial charge in [-0.25, -0.2) is 0 Å². The Kier molecular flexibility index (Phi) is 5.78. The van der Waals surface area contributed by atoms with Crippen molar-refractivity contribution >= 4 is 34.7 Å². The molecule has 0 unspecified atom stereocenters. The molecule has 1 N–H and O–H groups in total. The zero-order chi connectivity index (χ0) is 22.0. The molecule has 0 saturated heterocycles. The van der Waals surface area contributed by atoms with Gasteiger partial charge in [-0.3, -0.25) is 14.5 Å². The molecule has 156 valence electrons. The number of rotatable bonds is 6. The van der Waals surface area contributed by atoms with E-state index < -0.39 is 5.91 Å². The van der Waals surface area contributed by atoms with Gasteiger partial charge >= 0.3 is 0 Å². The number of carbonyl (C=O) groups is 2. The van der Waals surface area contributed by atoms with E-state index in [1.54, 1.807) is 37.4 Å². The molecule has 1 aliphatic heterocycles. The third-order valence-electron chi connectivity index (χ3n) is 5.12. The first kappa shape index (κ1) is 20.7. The number of benzene rings is 3. The largest absolute Gasteiger partial charge is 0.497 e. The van der Waals surface area contributed by atoms with E-state index in [-0.39, 0.29) is 18.1 Å². The van der Waals surface area contributed by atoms with Crippen molar-refractivity contribution in [3.05, 3.63) is 100 Å². The van der Waals surface area contributed by atoms with Crippen molar-refractivity contribution in [1.29, 1.82) is 0 Å². The molecule has 31 heavy (non-hydrogen) atoms. The highest BCUT2D eigenvalue weighted by atomic mass is 35.5. The first-order chi connectivity index (χ1) is 15.0. The summed E-state index contributed by atoms with van der Waals surface area (Å²) in [5, 5.41) is 3.68. The van der Waals surface area contributed by atoms with Gasteiger partial charge < -0.3 is 10.1 Å². The maximum Gasteiger partial charge on any atom is 0.278 e. The molecule has 3 aromatic carbocycles. The van der Waals surface area contributed by atoms with Gasteiger partial charge in [-0.05, 0) is 53.9 Å². The number of halogens is 1. The number of hydrogen-bond donors (Lipinski definition) is 1. The summed E-state index contributed by atoms with van der Waals surface area (Å²) in [6, 6.07) is 21.9. The first-order valence-electron chi connectivity index (χ1n) is 9.80. The van der Waals surface area contributed by atoms with E-state index >= 15 is 0 Å². The van der Waals surface area contributed by atoms with Crippen molar-refractivity contribution in [2.75, 3.05) is 12.4 Å². The van der Waals surface area contributed by atoms with Gasteiger partial charge in [-0.15, -0.1) is 0 Å². The third-order valence-corrected chi connectivity index (χ3v) is 5.49. The van der Waals surface area contributed by atoms with Gasteiger partial charge in [0.15, 0.2) is 0 Å². The summed E-state index contributed by atoms with van der Waals surface area (Å²) >= 11 is 6.28. The summed E-state index contributed by atoms with van der Waals surface area (Å²) in [6.07, 6.45) is 0. The zero-order valence-corrected chi connectivity index (χ0v) is 17.9. The lowest BCUT2D eigenvalue weighted by atomic mass is 10.0.